The van der Waals surface area contributed by atoms with Gasteiger partial charge >= 0.3 is 0 Å². The second kappa shape index (κ2) is 8.30. The first-order valence-electron chi connectivity index (χ1n) is 10.5. The molecule has 0 saturated carbocycles. The summed E-state index contributed by atoms with van der Waals surface area (Å²) in [6.07, 6.45) is 2.28. The Morgan fingerprint density at radius 2 is 1.78 bits per heavy atom. The average molecular weight is 427 g/mol. The first-order chi connectivity index (χ1) is 15.6. The van der Waals surface area contributed by atoms with Crippen molar-refractivity contribution < 1.29 is 9.13 Å². The van der Waals surface area contributed by atoms with Crippen LogP contribution in [0.15, 0.2) is 83.9 Å². The summed E-state index contributed by atoms with van der Waals surface area (Å²) in [6.45, 7) is 0.962. The van der Waals surface area contributed by atoms with Gasteiger partial charge in [0.25, 0.3) is 5.56 Å². The van der Waals surface area contributed by atoms with Crippen molar-refractivity contribution in [3.63, 3.8) is 0 Å². The van der Waals surface area contributed by atoms with Gasteiger partial charge < -0.3 is 9.30 Å². The van der Waals surface area contributed by atoms with Crippen LogP contribution in [0.25, 0.3) is 21.9 Å². The monoisotopic (exact) mass is 427 g/mol. The van der Waals surface area contributed by atoms with Gasteiger partial charge in [-0.05, 0) is 47.9 Å². The van der Waals surface area contributed by atoms with E-state index < -0.39 is 0 Å². The van der Waals surface area contributed by atoms with Crippen LogP contribution in [0.5, 0.6) is 5.75 Å². The first-order valence-corrected chi connectivity index (χ1v) is 10.5. The molecule has 3 aromatic carbocycles. The Hall–Kier alpha value is -3.93. The molecule has 0 spiro atoms. The SMILES string of the molecule is COc1cccc(Cn2c3ccc(F)cc3c3ncn(CCc4ccccc4)c(=O)c32)c1. The standard InChI is InChI=1S/C26H22FN3O2/c1-32-21-9-5-8-19(14-21)16-30-23-11-10-20(27)15-22(23)24-25(30)26(31)29(17-28-24)13-12-18-6-3-2-4-7-18/h2-11,14-15,17H,12-13,16H2,1H3. The van der Waals surface area contributed by atoms with E-state index in [9.17, 15) is 9.18 Å². The molecule has 0 aliphatic rings. The highest BCUT2D eigenvalue weighted by Gasteiger charge is 2.17. The van der Waals surface area contributed by atoms with Gasteiger partial charge in [-0.3, -0.25) is 9.36 Å². The van der Waals surface area contributed by atoms with Gasteiger partial charge in [-0.2, -0.15) is 0 Å². The molecule has 0 fully saturated rings. The van der Waals surface area contributed by atoms with Crippen LogP contribution in [0.2, 0.25) is 0 Å². The van der Waals surface area contributed by atoms with Gasteiger partial charge in [0.15, 0.2) is 0 Å². The van der Waals surface area contributed by atoms with Crippen LogP contribution in [0.4, 0.5) is 4.39 Å². The van der Waals surface area contributed by atoms with Crippen LogP contribution in [0, 0.1) is 5.82 Å². The minimum absolute atomic E-state index is 0.134. The molecule has 0 unspecified atom stereocenters. The van der Waals surface area contributed by atoms with E-state index >= 15 is 0 Å². The third-order valence-corrected chi connectivity index (χ3v) is 5.75. The Bertz CT molecular complexity index is 1470. The summed E-state index contributed by atoms with van der Waals surface area (Å²) >= 11 is 0. The lowest BCUT2D eigenvalue weighted by molar-refractivity contribution is 0.414. The van der Waals surface area contributed by atoms with E-state index in [1.54, 1.807) is 24.1 Å². The lowest BCUT2D eigenvalue weighted by Gasteiger charge is -2.10. The number of hydrogen-bond donors (Lipinski definition) is 0. The summed E-state index contributed by atoms with van der Waals surface area (Å²) in [5, 5.41) is 0.634. The fourth-order valence-corrected chi connectivity index (χ4v) is 4.14. The number of ether oxygens (including phenoxy) is 1. The number of fused-ring (bicyclic) bond motifs is 3. The van der Waals surface area contributed by atoms with Crippen LogP contribution < -0.4 is 10.3 Å². The molecule has 2 aromatic heterocycles. The van der Waals surface area contributed by atoms with E-state index in [1.165, 1.54) is 12.1 Å². The number of aromatic nitrogens is 3. The predicted molar refractivity (Wildman–Crippen MR) is 124 cm³/mol. The van der Waals surface area contributed by atoms with Crippen molar-refractivity contribution in [2.45, 2.75) is 19.5 Å². The number of hydrogen-bond acceptors (Lipinski definition) is 3. The van der Waals surface area contributed by atoms with Gasteiger partial charge in [0.05, 0.1) is 19.0 Å². The molecule has 0 aliphatic heterocycles. The van der Waals surface area contributed by atoms with E-state index in [-0.39, 0.29) is 11.4 Å². The molecule has 0 amide bonds. The molecule has 5 aromatic rings. The topological polar surface area (TPSA) is 49.0 Å². The summed E-state index contributed by atoms with van der Waals surface area (Å²) in [5.41, 5.74) is 3.76. The van der Waals surface area contributed by atoms with E-state index in [1.807, 2.05) is 59.2 Å². The van der Waals surface area contributed by atoms with Gasteiger partial charge in [-0.1, -0.05) is 42.5 Å². The minimum Gasteiger partial charge on any atom is -0.497 e. The van der Waals surface area contributed by atoms with Gasteiger partial charge in [-0.25, -0.2) is 9.37 Å². The highest BCUT2D eigenvalue weighted by molar-refractivity contribution is 6.05. The van der Waals surface area contributed by atoms with Crippen LogP contribution in [-0.2, 0) is 19.5 Å². The van der Waals surface area contributed by atoms with E-state index in [0.717, 1.165) is 28.8 Å². The Morgan fingerprint density at radius 3 is 2.59 bits per heavy atom. The third-order valence-electron chi connectivity index (χ3n) is 5.75. The molecular weight excluding hydrogens is 405 g/mol. The van der Waals surface area contributed by atoms with Gasteiger partial charge in [0, 0.05) is 18.5 Å². The molecule has 0 atom stereocenters. The summed E-state index contributed by atoms with van der Waals surface area (Å²) < 4.78 is 23.0. The van der Waals surface area contributed by atoms with Crippen molar-refractivity contribution in [2.75, 3.05) is 7.11 Å². The molecule has 160 valence electrons. The lowest BCUT2D eigenvalue weighted by atomic mass is 10.1. The minimum atomic E-state index is -0.354. The van der Waals surface area contributed by atoms with Crippen LogP contribution in [0.3, 0.4) is 0 Å². The maximum Gasteiger partial charge on any atom is 0.277 e. The zero-order chi connectivity index (χ0) is 22.1. The Morgan fingerprint density at radius 1 is 0.969 bits per heavy atom. The zero-order valence-corrected chi connectivity index (χ0v) is 17.7. The predicted octanol–water partition coefficient (Wildman–Crippen LogP) is 4.79. The molecule has 0 radical (unpaired) electrons. The lowest BCUT2D eigenvalue weighted by Crippen LogP contribution is -2.23. The number of methoxy groups -OCH3 is 1. The summed E-state index contributed by atoms with van der Waals surface area (Å²) in [7, 11) is 1.62. The van der Waals surface area contributed by atoms with Gasteiger partial charge in [0.1, 0.15) is 22.6 Å². The molecule has 0 bridgehead atoms. The summed E-state index contributed by atoms with van der Waals surface area (Å²) in [5.74, 6) is 0.390. The largest absolute Gasteiger partial charge is 0.497 e. The Balaban J connectivity index is 1.64. The van der Waals surface area contributed by atoms with Crippen molar-refractivity contribution in [3.8, 4) is 5.75 Å². The molecule has 0 saturated heterocycles. The summed E-state index contributed by atoms with van der Waals surface area (Å²) in [4.78, 5) is 18.1. The summed E-state index contributed by atoms with van der Waals surface area (Å²) in [6, 6.07) is 22.3. The van der Waals surface area contributed by atoms with Crippen LogP contribution in [0.1, 0.15) is 11.1 Å². The van der Waals surface area contributed by atoms with Crippen molar-refractivity contribution in [1.82, 2.24) is 14.1 Å². The van der Waals surface area contributed by atoms with E-state index in [0.29, 0.717) is 29.5 Å². The molecule has 0 N–H and O–H groups in total. The Labute approximate surface area is 184 Å². The highest BCUT2D eigenvalue weighted by Crippen LogP contribution is 2.27. The first kappa shape index (κ1) is 20.0. The zero-order valence-electron chi connectivity index (χ0n) is 17.7. The fraction of sp³-hybridized carbons (Fsp3) is 0.154. The maximum atomic E-state index is 14.1. The number of rotatable bonds is 6. The number of nitrogens with zero attached hydrogens (tertiary/aromatic N) is 3. The van der Waals surface area contributed by atoms with Crippen LogP contribution in [-0.4, -0.2) is 21.2 Å². The number of aryl methyl sites for hydroxylation is 2. The highest BCUT2D eigenvalue weighted by atomic mass is 19.1. The Kier molecular flexibility index (Phi) is 5.19. The maximum absolute atomic E-state index is 14.1. The molecular formula is C26H22FN3O2. The number of benzene rings is 3. The normalized spacial score (nSPS) is 11.3. The smallest absolute Gasteiger partial charge is 0.277 e. The number of halogens is 1. The molecule has 2 heterocycles. The molecule has 0 aliphatic carbocycles. The fourth-order valence-electron chi connectivity index (χ4n) is 4.14. The quantitative estimate of drug-likeness (QED) is 0.392. The van der Waals surface area contributed by atoms with Crippen molar-refractivity contribution in [2.24, 2.45) is 0 Å². The second-order valence-corrected chi connectivity index (χ2v) is 7.78. The molecule has 6 heteroatoms. The van der Waals surface area contributed by atoms with Gasteiger partial charge in [-0.15, -0.1) is 0 Å². The average Bonchev–Trinajstić information content (AvgIpc) is 3.12. The second-order valence-electron chi connectivity index (χ2n) is 7.78. The molecule has 5 rings (SSSR count). The van der Waals surface area contributed by atoms with Crippen molar-refractivity contribution in [3.05, 3.63) is 106 Å². The van der Waals surface area contributed by atoms with Gasteiger partial charge in [0.2, 0.25) is 0 Å². The van der Waals surface area contributed by atoms with Crippen molar-refractivity contribution in [1.29, 1.82) is 0 Å². The third kappa shape index (κ3) is 3.64. The molecule has 5 nitrogen and oxygen atoms in total. The molecule has 32 heavy (non-hydrogen) atoms. The van der Waals surface area contributed by atoms with Crippen LogP contribution >= 0.6 is 0 Å². The van der Waals surface area contributed by atoms with E-state index in [4.69, 9.17) is 4.74 Å². The van der Waals surface area contributed by atoms with E-state index in [2.05, 4.69) is 4.98 Å². The van der Waals surface area contributed by atoms with Crippen molar-refractivity contribution >= 4 is 21.9 Å².